The van der Waals surface area contributed by atoms with Crippen LogP contribution in [0.5, 0.6) is 0 Å². The summed E-state index contributed by atoms with van der Waals surface area (Å²) in [5.74, 6) is -0.832. The van der Waals surface area contributed by atoms with Gasteiger partial charge in [-0.25, -0.2) is 9.37 Å². The third kappa shape index (κ3) is 3.30. The van der Waals surface area contributed by atoms with Crippen molar-refractivity contribution in [2.24, 2.45) is 10.4 Å². The van der Waals surface area contributed by atoms with E-state index >= 15 is 4.39 Å². The van der Waals surface area contributed by atoms with E-state index in [0.29, 0.717) is 36.6 Å². The lowest BCUT2D eigenvalue weighted by Gasteiger charge is -2.42. The highest BCUT2D eigenvalue weighted by Gasteiger charge is 2.62. The molecule has 1 amide bonds. The third-order valence-electron chi connectivity index (χ3n) is 8.61. The number of aromatic amines is 1. The molecule has 1 N–H and O–H groups in total. The van der Waals surface area contributed by atoms with Crippen molar-refractivity contribution in [3.63, 3.8) is 0 Å². The van der Waals surface area contributed by atoms with Crippen LogP contribution in [0.1, 0.15) is 31.0 Å². The zero-order chi connectivity index (χ0) is 26.5. The van der Waals surface area contributed by atoms with Crippen molar-refractivity contribution in [3.8, 4) is 11.3 Å². The molecule has 1 unspecified atom stereocenters. The van der Waals surface area contributed by atoms with E-state index in [9.17, 15) is 9.59 Å². The molecule has 0 radical (unpaired) electrons. The predicted octanol–water partition coefficient (Wildman–Crippen LogP) is 3.83. The first-order chi connectivity index (χ1) is 18.9. The molecular formula is C28H21ClFN7O2. The Balaban J connectivity index is 1.32. The normalized spacial score (nSPS) is 25.4. The van der Waals surface area contributed by atoms with Gasteiger partial charge in [0.05, 0.1) is 35.4 Å². The summed E-state index contributed by atoms with van der Waals surface area (Å²) >= 11 is 6.53. The van der Waals surface area contributed by atoms with Gasteiger partial charge in [-0.3, -0.25) is 19.0 Å². The molecule has 9 nitrogen and oxygen atoms in total. The Morgan fingerprint density at radius 1 is 1.21 bits per heavy atom. The summed E-state index contributed by atoms with van der Waals surface area (Å²) in [6.45, 7) is 0.672. The summed E-state index contributed by atoms with van der Waals surface area (Å²) in [6.07, 6.45) is 11.5. The topological polar surface area (TPSA) is 109 Å². The first-order valence-electron chi connectivity index (χ1n) is 12.8. The molecule has 39 heavy (non-hydrogen) atoms. The molecule has 0 bridgehead atoms. The quantitative estimate of drug-likeness (QED) is 0.530. The minimum atomic E-state index is -0.686. The highest BCUT2D eigenvalue weighted by Crippen LogP contribution is 2.62. The van der Waals surface area contributed by atoms with Gasteiger partial charge in [-0.15, -0.1) is 10.2 Å². The largest absolute Gasteiger partial charge is 0.341 e. The summed E-state index contributed by atoms with van der Waals surface area (Å²) in [4.78, 5) is 40.6. The Morgan fingerprint density at radius 2 is 2.08 bits per heavy atom. The number of ketones is 1. The zero-order valence-corrected chi connectivity index (χ0v) is 21.3. The number of amides is 1. The van der Waals surface area contributed by atoms with Crippen LogP contribution in [0.4, 0.5) is 4.39 Å². The van der Waals surface area contributed by atoms with Crippen molar-refractivity contribution < 1.29 is 14.0 Å². The maximum absolute atomic E-state index is 15.3. The van der Waals surface area contributed by atoms with Crippen LogP contribution in [-0.2, 0) is 9.59 Å². The Bertz CT molecular complexity index is 1790. The third-order valence-corrected chi connectivity index (χ3v) is 8.89. The van der Waals surface area contributed by atoms with E-state index in [4.69, 9.17) is 16.6 Å². The van der Waals surface area contributed by atoms with E-state index in [-0.39, 0.29) is 28.0 Å². The average molecular weight is 542 g/mol. The molecule has 3 aliphatic heterocycles. The minimum absolute atomic E-state index is 0.109. The fourth-order valence-electron chi connectivity index (χ4n) is 6.74. The number of nitrogens with one attached hydrogen (secondary N) is 1. The van der Waals surface area contributed by atoms with Crippen molar-refractivity contribution in [3.05, 3.63) is 82.0 Å². The maximum atomic E-state index is 15.3. The molecule has 3 aromatic rings. The first-order valence-corrected chi connectivity index (χ1v) is 13.2. The van der Waals surface area contributed by atoms with Crippen molar-refractivity contribution in [2.45, 2.75) is 31.2 Å². The molecule has 6 heterocycles. The fourth-order valence-corrected chi connectivity index (χ4v) is 7.00. The molecular weight excluding hydrogens is 521 g/mol. The van der Waals surface area contributed by atoms with E-state index in [2.05, 4.69) is 20.2 Å². The fraction of sp³-hybridized carbons (Fsp3) is 0.286. The van der Waals surface area contributed by atoms with Crippen LogP contribution in [0.15, 0.2) is 81.1 Å². The molecule has 2 aliphatic carbocycles. The van der Waals surface area contributed by atoms with Crippen molar-refractivity contribution in [1.29, 1.82) is 0 Å². The van der Waals surface area contributed by atoms with Crippen LogP contribution >= 0.6 is 11.6 Å². The van der Waals surface area contributed by atoms with Gasteiger partial charge < -0.3 is 9.88 Å². The Morgan fingerprint density at radius 3 is 2.92 bits per heavy atom. The van der Waals surface area contributed by atoms with Gasteiger partial charge in [-0.2, -0.15) is 0 Å². The SMILES string of the molecule is O=C1C=C(F)C2=C(Cl)C=NCC3=C(C2=C1)C(c1ncc(-c2ccn4cnnc4c2)[nH]1)CN1C(=O)CC2(CC2)[C@H]31. The summed E-state index contributed by atoms with van der Waals surface area (Å²) in [6, 6.07) is 3.70. The first kappa shape index (κ1) is 22.8. The van der Waals surface area contributed by atoms with Crippen LogP contribution in [0.2, 0.25) is 0 Å². The number of aliphatic imine (C=N–C) groups is 1. The van der Waals surface area contributed by atoms with Gasteiger partial charge in [0.1, 0.15) is 18.0 Å². The predicted molar refractivity (Wildman–Crippen MR) is 141 cm³/mol. The molecule has 8 rings (SSSR count). The van der Waals surface area contributed by atoms with Crippen LogP contribution in [0.3, 0.4) is 0 Å². The highest BCUT2D eigenvalue weighted by molar-refractivity contribution is 6.40. The van der Waals surface area contributed by atoms with E-state index < -0.39 is 17.5 Å². The maximum Gasteiger partial charge on any atom is 0.223 e. The Hall–Kier alpha value is -4.18. The van der Waals surface area contributed by atoms with Gasteiger partial charge in [0.25, 0.3) is 0 Å². The van der Waals surface area contributed by atoms with Crippen LogP contribution in [0, 0.1) is 5.41 Å². The summed E-state index contributed by atoms with van der Waals surface area (Å²) in [7, 11) is 0. The molecule has 194 valence electrons. The van der Waals surface area contributed by atoms with Gasteiger partial charge in [0, 0.05) is 48.0 Å². The number of hydrogen-bond acceptors (Lipinski definition) is 6. The molecule has 3 aromatic heterocycles. The molecule has 11 heteroatoms. The second-order valence-corrected chi connectivity index (χ2v) is 11.2. The molecule has 2 atom stereocenters. The van der Waals surface area contributed by atoms with Gasteiger partial charge in [-0.1, -0.05) is 11.6 Å². The summed E-state index contributed by atoms with van der Waals surface area (Å²) in [5, 5.41) is 8.20. The highest BCUT2D eigenvalue weighted by atomic mass is 35.5. The summed E-state index contributed by atoms with van der Waals surface area (Å²) in [5.41, 5.74) is 4.54. The summed E-state index contributed by atoms with van der Waals surface area (Å²) < 4.78 is 17.1. The number of imidazole rings is 1. The number of nitrogens with zero attached hydrogens (tertiary/aromatic N) is 6. The molecule has 5 aliphatic rings. The molecule has 1 saturated heterocycles. The smallest absolute Gasteiger partial charge is 0.223 e. The second-order valence-electron chi connectivity index (χ2n) is 10.8. The van der Waals surface area contributed by atoms with E-state index in [1.807, 2.05) is 27.6 Å². The zero-order valence-electron chi connectivity index (χ0n) is 20.6. The lowest BCUT2D eigenvalue weighted by Crippen LogP contribution is -2.46. The van der Waals surface area contributed by atoms with Gasteiger partial charge in [0.15, 0.2) is 11.4 Å². The van der Waals surface area contributed by atoms with Crippen LogP contribution < -0.4 is 0 Å². The van der Waals surface area contributed by atoms with E-state index in [1.54, 1.807) is 12.5 Å². The number of allylic oxidation sites excluding steroid dienone is 6. The van der Waals surface area contributed by atoms with Gasteiger partial charge in [0.2, 0.25) is 5.91 Å². The van der Waals surface area contributed by atoms with Crippen molar-refractivity contribution in [2.75, 3.05) is 13.1 Å². The average Bonchev–Trinajstić information content (AvgIpc) is 3.24. The van der Waals surface area contributed by atoms with Gasteiger partial charge >= 0.3 is 0 Å². The van der Waals surface area contributed by atoms with Crippen molar-refractivity contribution in [1.82, 2.24) is 29.5 Å². The van der Waals surface area contributed by atoms with Crippen LogP contribution in [0.25, 0.3) is 16.9 Å². The van der Waals surface area contributed by atoms with Crippen molar-refractivity contribution >= 4 is 35.2 Å². The van der Waals surface area contributed by atoms with E-state index in [0.717, 1.165) is 41.3 Å². The lowest BCUT2D eigenvalue weighted by atomic mass is 9.74. The van der Waals surface area contributed by atoms with E-state index in [1.165, 1.54) is 12.3 Å². The lowest BCUT2D eigenvalue weighted by molar-refractivity contribution is -0.129. The molecule has 1 saturated carbocycles. The number of rotatable bonds is 2. The Kier molecular flexibility index (Phi) is 4.62. The number of hydrogen-bond donors (Lipinski definition) is 1. The van der Waals surface area contributed by atoms with Crippen LogP contribution in [-0.4, -0.2) is 66.5 Å². The number of aromatic nitrogens is 5. The van der Waals surface area contributed by atoms with Gasteiger partial charge in [-0.05, 0) is 47.8 Å². The number of fused-ring (bicyclic) bond motifs is 6. The molecule has 0 aromatic carbocycles. The molecule has 2 fully saturated rings. The number of carbonyl (C=O) groups is 2. The Labute approximate surface area is 226 Å². The second kappa shape index (κ2) is 7.92. The molecule has 1 spiro atoms. The standard InChI is InChI=1S/C28H21ClFN7O2/c29-19-10-31-9-17-24(16-6-15(38)7-20(30)25(16)19)18(12-37-23(39)8-28(2-3-28)26(17)37)27-32-11-21(34-27)14-1-4-36-13-33-35-22(36)5-14/h1,4-7,10-11,13,18,26H,2-3,8-9,12H2,(H,32,34)/t18?,26-/m0/s1. The number of halogens is 2. The number of pyridine rings is 1. The monoisotopic (exact) mass is 541 g/mol. The minimum Gasteiger partial charge on any atom is -0.341 e. The number of H-pyrrole nitrogens is 1. The number of carbonyl (C=O) groups excluding carboxylic acids is 2.